The molecule has 8 heteroatoms. The smallest absolute Gasteiger partial charge is 0.287 e. The Bertz CT molecular complexity index is 715. The van der Waals surface area contributed by atoms with Gasteiger partial charge in [-0.2, -0.15) is 0 Å². The fourth-order valence-corrected chi connectivity index (χ4v) is 2.74. The number of aromatic nitrogens is 2. The van der Waals surface area contributed by atoms with Crippen molar-refractivity contribution in [1.29, 1.82) is 0 Å². The maximum Gasteiger partial charge on any atom is 0.287 e. The summed E-state index contributed by atoms with van der Waals surface area (Å²) < 4.78 is 7.43. The predicted molar refractivity (Wildman–Crippen MR) is 91.7 cm³/mol. The summed E-state index contributed by atoms with van der Waals surface area (Å²) in [5, 5.41) is 6.19. The minimum Gasteiger partial charge on any atom is -0.455 e. The van der Waals surface area contributed by atoms with Gasteiger partial charge in [0.2, 0.25) is 5.91 Å². The first-order chi connectivity index (χ1) is 11.2. The molecule has 7 nitrogen and oxygen atoms in total. The van der Waals surface area contributed by atoms with Gasteiger partial charge in [-0.25, -0.2) is 4.98 Å². The molecular formula is C16H22N4O3S. The van der Waals surface area contributed by atoms with Gasteiger partial charge in [0, 0.05) is 25.0 Å². The molecule has 0 saturated heterocycles. The second-order valence-corrected chi connectivity index (χ2v) is 7.30. The maximum atomic E-state index is 12.0. The molecule has 0 radical (unpaired) electrons. The number of nitrogens with one attached hydrogen (secondary N) is 2. The molecule has 0 aliphatic carbocycles. The van der Waals surface area contributed by atoms with Crippen molar-refractivity contribution < 1.29 is 14.0 Å². The largest absolute Gasteiger partial charge is 0.455 e. The van der Waals surface area contributed by atoms with Gasteiger partial charge in [-0.05, 0) is 32.9 Å². The molecule has 0 fully saturated rings. The summed E-state index contributed by atoms with van der Waals surface area (Å²) in [5.41, 5.74) is -0.331. The number of imidazole rings is 1. The number of hydrogen-bond donors (Lipinski definition) is 2. The minimum absolute atomic E-state index is 0.0891. The lowest BCUT2D eigenvalue weighted by Gasteiger charge is -2.20. The summed E-state index contributed by atoms with van der Waals surface area (Å²) in [6.07, 6.45) is 3.60. The van der Waals surface area contributed by atoms with E-state index in [1.54, 1.807) is 18.3 Å². The third-order valence-electron chi connectivity index (χ3n) is 2.93. The maximum absolute atomic E-state index is 12.0. The van der Waals surface area contributed by atoms with Crippen molar-refractivity contribution in [3.63, 3.8) is 0 Å². The number of rotatable bonds is 6. The van der Waals surface area contributed by atoms with Crippen molar-refractivity contribution >= 4 is 23.6 Å². The molecule has 24 heavy (non-hydrogen) atoms. The van der Waals surface area contributed by atoms with Crippen LogP contribution in [-0.4, -0.2) is 33.4 Å². The molecule has 2 heterocycles. The van der Waals surface area contributed by atoms with Crippen LogP contribution in [0.15, 0.2) is 34.1 Å². The van der Waals surface area contributed by atoms with Crippen LogP contribution >= 0.6 is 11.8 Å². The molecule has 0 saturated carbocycles. The molecule has 0 aliphatic heterocycles. The molecule has 2 amide bonds. The minimum atomic E-state index is -0.410. The predicted octanol–water partition coefficient (Wildman–Crippen LogP) is 1.95. The van der Waals surface area contributed by atoms with Gasteiger partial charge in [-0.15, -0.1) is 0 Å². The van der Waals surface area contributed by atoms with Crippen LogP contribution in [0.3, 0.4) is 0 Å². The molecule has 2 rings (SSSR count). The van der Waals surface area contributed by atoms with Crippen LogP contribution in [0.2, 0.25) is 0 Å². The summed E-state index contributed by atoms with van der Waals surface area (Å²) in [7, 11) is 1.92. The molecule has 0 aliphatic rings. The summed E-state index contributed by atoms with van der Waals surface area (Å²) in [6, 6.07) is 3.35. The normalized spacial score (nSPS) is 11.3. The standard InChI is InChI=1S/C16H22N4O3S/c1-16(2,3)19-13(21)9-18-14(22)12-6-5-11(23-12)10-24-15-17-7-8-20(15)4/h5-8H,9-10H2,1-4H3,(H,18,22)(H,19,21). The number of furan rings is 1. The summed E-state index contributed by atoms with van der Waals surface area (Å²) in [6.45, 7) is 5.55. The number of carbonyl (C=O) groups excluding carboxylic acids is 2. The van der Waals surface area contributed by atoms with E-state index >= 15 is 0 Å². The average molecular weight is 350 g/mol. The molecule has 0 spiro atoms. The topological polar surface area (TPSA) is 89.2 Å². The first kappa shape index (κ1) is 18.1. The highest BCUT2D eigenvalue weighted by Gasteiger charge is 2.16. The number of thioether (sulfide) groups is 1. The molecule has 130 valence electrons. The molecular weight excluding hydrogens is 328 g/mol. The summed E-state index contributed by atoms with van der Waals surface area (Å²) in [5.74, 6) is 0.782. The van der Waals surface area contributed by atoms with Crippen molar-refractivity contribution in [3.8, 4) is 0 Å². The van der Waals surface area contributed by atoms with E-state index in [2.05, 4.69) is 15.6 Å². The first-order valence-corrected chi connectivity index (χ1v) is 8.51. The van der Waals surface area contributed by atoms with Crippen LogP contribution in [0.4, 0.5) is 0 Å². The Morgan fingerprint density at radius 1 is 1.33 bits per heavy atom. The van der Waals surface area contributed by atoms with E-state index in [9.17, 15) is 9.59 Å². The SMILES string of the molecule is Cn1ccnc1SCc1ccc(C(=O)NCC(=O)NC(C)(C)C)o1. The molecule has 0 atom stereocenters. The Morgan fingerprint density at radius 3 is 2.71 bits per heavy atom. The quantitative estimate of drug-likeness (QED) is 0.777. The van der Waals surface area contributed by atoms with Gasteiger partial charge in [0.25, 0.3) is 5.91 Å². The van der Waals surface area contributed by atoms with Gasteiger partial charge in [0.05, 0.1) is 12.3 Å². The van der Waals surface area contributed by atoms with Crippen molar-refractivity contribution in [2.45, 2.75) is 37.2 Å². The number of amides is 2. The zero-order valence-electron chi connectivity index (χ0n) is 14.3. The van der Waals surface area contributed by atoms with Crippen LogP contribution in [0, 0.1) is 0 Å². The fourth-order valence-electron chi connectivity index (χ4n) is 1.91. The van der Waals surface area contributed by atoms with Gasteiger partial charge in [0.1, 0.15) is 5.76 Å². The van der Waals surface area contributed by atoms with Crippen molar-refractivity contribution in [2.75, 3.05) is 6.54 Å². The Labute approximate surface area is 145 Å². The van der Waals surface area contributed by atoms with E-state index < -0.39 is 5.91 Å². The Hall–Kier alpha value is -2.22. The highest BCUT2D eigenvalue weighted by molar-refractivity contribution is 7.98. The lowest BCUT2D eigenvalue weighted by atomic mass is 10.1. The van der Waals surface area contributed by atoms with Crippen LogP contribution < -0.4 is 10.6 Å². The average Bonchev–Trinajstić information content (AvgIpc) is 3.10. The van der Waals surface area contributed by atoms with E-state index in [1.165, 1.54) is 11.8 Å². The zero-order valence-corrected chi connectivity index (χ0v) is 15.1. The van der Waals surface area contributed by atoms with E-state index in [-0.39, 0.29) is 23.8 Å². The van der Waals surface area contributed by atoms with E-state index in [4.69, 9.17) is 4.42 Å². The highest BCUT2D eigenvalue weighted by atomic mass is 32.2. The van der Waals surface area contributed by atoms with E-state index in [1.807, 2.05) is 38.6 Å². The number of aryl methyl sites for hydroxylation is 1. The molecule has 2 aromatic rings. The lowest BCUT2D eigenvalue weighted by Crippen LogP contribution is -2.45. The van der Waals surface area contributed by atoms with Gasteiger partial charge >= 0.3 is 0 Å². The Morgan fingerprint density at radius 2 is 2.08 bits per heavy atom. The molecule has 0 unspecified atom stereocenters. The van der Waals surface area contributed by atoms with Crippen LogP contribution in [0.1, 0.15) is 37.1 Å². The fraction of sp³-hybridized carbons (Fsp3) is 0.438. The van der Waals surface area contributed by atoms with Gasteiger partial charge in [-0.3, -0.25) is 9.59 Å². The third-order valence-corrected chi connectivity index (χ3v) is 4.01. The monoisotopic (exact) mass is 350 g/mol. The highest BCUT2D eigenvalue weighted by Crippen LogP contribution is 2.21. The first-order valence-electron chi connectivity index (χ1n) is 7.52. The number of nitrogens with zero attached hydrogens (tertiary/aromatic N) is 2. The van der Waals surface area contributed by atoms with Crippen LogP contribution in [0.25, 0.3) is 0 Å². The molecule has 0 bridgehead atoms. The number of hydrogen-bond acceptors (Lipinski definition) is 5. The van der Waals surface area contributed by atoms with Gasteiger partial charge < -0.3 is 19.6 Å². The second-order valence-electron chi connectivity index (χ2n) is 6.36. The van der Waals surface area contributed by atoms with Gasteiger partial charge in [-0.1, -0.05) is 11.8 Å². The zero-order chi connectivity index (χ0) is 17.7. The molecule has 2 N–H and O–H groups in total. The van der Waals surface area contributed by atoms with Crippen LogP contribution in [0.5, 0.6) is 0 Å². The van der Waals surface area contributed by atoms with E-state index in [0.717, 1.165) is 5.16 Å². The van der Waals surface area contributed by atoms with Gasteiger partial charge in [0.15, 0.2) is 10.9 Å². The molecule has 2 aromatic heterocycles. The Kier molecular flexibility index (Phi) is 5.71. The van der Waals surface area contributed by atoms with Crippen LogP contribution in [-0.2, 0) is 17.6 Å². The summed E-state index contributed by atoms with van der Waals surface area (Å²) >= 11 is 1.52. The lowest BCUT2D eigenvalue weighted by molar-refractivity contribution is -0.121. The van der Waals surface area contributed by atoms with Crippen molar-refractivity contribution in [2.24, 2.45) is 7.05 Å². The van der Waals surface area contributed by atoms with Crippen molar-refractivity contribution in [3.05, 3.63) is 36.0 Å². The summed E-state index contributed by atoms with van der Waals surface area (Å²) in [4.78, 5) is 27.9. The number of carbonyl (C=O) groups is 2. The van der Waals surface area contributed by atoms with E-state index in [0.29, 0.717) is 11.5 Å². The molecule has 0 aromatic carbocycles. The third kappa shape index (κ3) is 5.45. The Balaban J connectivity index is 1.82. The second kappa shape index (κ2) is 7.57. The van der Waals surface area contributed by atoms with Crippen molar-refractivity contribution in [1.82, 2.24) is 20.2 Å².